The van der Waals surface area contributed by atoms with Gasteiger partial charge in [0, 0.05) is 32.2 Å². The van der Waals surface area contributed by atoms with E-state index in [0.29, 0.717) is 31.3 Å². The third kappa shape index (κ3) is 4.49. The molecule has 0 aliphatic carbocycles. The molecule has 1 fully saturated rings. The zero-order chi connectivity index (χ0) is 18.0. The quantitative estimate of drug-likeness (QED) is 0.887. The van der Waals surface area contributed by atoms with Gasteiger partial charge in [-0.1, -0.05) is 17.3 Å². The van der Waals surface area contributed by atoms with E-state index in [1.54, 1.807) is 19.1 Å². The molecule has 0 saturated carbocycles. The fraction of sp³-hybridized carbons (Fsp3) is 0.500. The largest absolute Gasteiger partial charge is 0.573 e. The van der Waals surface area contributed by atoms with Gasteiger partial charge >= 0.3 is 6.36 Å². The van der Waals surface area contributed by atoms with Crippen LogP contribution in [0.3, 0.4) is 0 Å². The van der Waals surface area contributed by atoms with E-state index in [-0.39, 0.29) is 24.2 Å². The first-order chi connectivity index (χ1) is 11.8. The Balaban J connectivity index is 1.63. The summed E-state index contributed by atoms with van der Waals surface area (Å²) in [6, 6.07) is 5.78. The molecule has 1 aliphatic rings. The van der Waals surface area contributed by atoms with Crippen molar-refractivity contribution in [3.8, 4) is 5.75 Å². The van der Waals surface area contributed by atoms with Crippen molar-refractivity contribution in [3.63, 3.8) is 0 Å². The number of aliphatic hydroxyl groups excluding tert-OH is 1. The Labute approximate surface area is 142 Å². The molecule has 0 radical (unpaired) electrons. The summed E-state index contributed by atoms with van der Waals surface area (Å²) in [6.07, 6.45) is -4.69. The summed E-state index contributed by atoms with van der Waals surface area (Å²) < 4.78 is 45.6. The van der Waals surface area contributed by atoms with Gasteiger partial charge in [0.05, 0.1) is 5.92 Å². The summed E-state index contributed by atoms with van der Waals surface area (Å²) in [6.45, 7) is 3.56. The van der Waals surface area contributed by atoms with Crippen LogP contribution in [0.2, 0.25) is 0 Å². The molecule has 1 saturated heterocycles. The van der Waals surface area contributed by atoms with Gasteiger partial charge in [0.25, 0.3) is 0 Å². The van der Waals surface area contributed by atoms with Gasteiger partial charge < -0.3 is 14.4 Å². The Morgan fingerprint density at radius 1 is 1.28 bits per heavy atom. The van der Waals surface area contributed by atoms with Gasteiger partial charge in [0.2, 0.25) is 5.89 Å². The Morgan fingerprint density at radius 3 is 2.56 bits per heavy atom. The first-order valence-electron chi connectivity index (χ1n) is 7.82. The average molecular weight is 357 g/mol. The van der Waals surface area contributed by atoms with Crippen LogP contribution in [0.25, 0.3) is 0 Å². The molecule has 2 aromatic rings. The molecular formula is C16H18F3N3O3. The minimum absolute atomic E-state index is 0.000947. The number of aromatic nitrogens is 2. The zero-order valence-corrected chi connectivity index (χ0v) is 13.5. The van der Waals surface area contributed by atoms with E-state index < -0.39 is 6.36 Å². The number of hydrogen-bond acceptors (Lipinski definition) is 6. The molecule has 0 amide bonds. The first-order valence-corrected chi connectivity index (χ1v) is 7.82. The summed E-state index contributed by atoms with van der Waals surface area (Å²) in [5.74, 6) is 0.732. The fourth-order valence-electron chi connectivity index (χ4n) is 3.07. The number of aliphatic hydroxyl groups is 1. The minimum Gasteiger partial charge on any atom is -0.406 e. The first kappa shape index (κ1) is 17.7. The van der Waals surface area contributed by atoms with Crippen LogP contribution in [0.4, 0.5) is 13.2 Å². The average Bonchev–Trinajstić information content (AvgIpc) is 3.13. The van der Waals surface area contributed by atoms with Gasteiger partial charge in [-0.2, -0.15) is 4.98 Å². The molecule has 1 aliphatic heterocycles. The van der Waals surface area contributed by atoms with Crippen LogP contribution in [-0.4, -0.2) is 46.2 Å². The van der Waals surface area contributed by atoms with Crippen LogP contribution in [0.5, 0.6) is 5.75 Å². The summed E-state index contributed by atoms with van der Waals surface area (Å²) in [5.41, 5.74) is 0.855. The van der Waals surface area contributed by atoms with Crippen LogP contribution in [-0.2, 0) is 6.54 Å². The van der Waals surface area contributed by atoms with Crippen LogP contribution in [0, 0.1) is 12.8 Å². The number of benzene rings is 1. The minimum atomic E-state index is -4.69. The summed E-state index contributed by atoms with van der Waals surface area (Å²) in [5, 5.41) is 13.4. The molecule has 9 heteroatoms. The smallest absolute Gasteiger partial charge is 0.406 e. The second-order valence-corrected chi connectivity index (χ2v) is 6.11. The lowest BCUT2D eigenvalue weighted by Gasteiger charge is -2.16. The van der Waals surface area contributed by atoms with E-state index in [1.807, 2.05) is 0 Å². The molecule has 2 atom stereocenters. The molecule has 25 heavy (non-hydrogen) atoms. The molecule has 0 bridgehead atoms. The summed E-state index contributed by atoms with van der Waals surface area (Å²) >= 11 is 0. The molecule has 3 rings (SSSR count). The highest BCUT2D eigenvalue weighted by Gasteiger charge is 2.37. The third-order valence-electron chi connectivity index (χ3n) is 4.17. The Kier molecular flexibility index (Phi) is 4.96. The summed E-state index contributed by atoms with van der Waals surface area (Å²) in [4.78, 5) is 6.34. The molecule has 6 nitrogen and oxygen atoms in total. The standard InChI is InChI=1S/C16H18F3N3O3/c1-10-20-15(25-21-10)14-8-22(7-12(14)9-23)6-11-2-4-13(5-3-11)24-16(17,18)19/h2-5,12,14,23H,6-9H2,1H3. The lowest BCUT2D eigenvalue weighted by atomic mass is 9.97. The van der Waals surface area contributed by atoms with Crippen molar-refractivity contribution >= 4 is 0 Å². The Hall–Kier alpha value is -2.13. The van der Waals surface area contributed by atoms with Crippen molar-refractivity contribution in [2.45, 2.75) is 25.7 Å². The van der Waals surface area contributed by atoms with Gasteiger partial charge in [-0.05, 0) is 24.6 Å². The van der Waals surface area contributed by atoms with Crippen LogP contribution in [0.1, 0.15) is 23.2 Å². The fourth-order valence-corrected chi connectivity index (χ4v) is 3.07. The van der Waals surface area contributed by atoms with Crippen molar-refractivity contribution in [2.75, 3.05) is 19.7 Å². The van der Waals surface area contributed by atoms with Crippen molar-refractivity contribution in [1.29, 1.82) is 0 Å². The van der Waals surface area contributed by atoms with Crippen molar-refractivity contribution in [3.05, 3.63) is 41.5 Å². The number of aryl methyl sites for hydroxylation is 1. The number of alkyl halides is 3. The predicted octanol–water partition coefficient (Wildman–Crippen LogP) is 2.48. The maximum Gasteiger partial charge on any atom is 0.573 e. The number of ether oxygens (including phenoxy) is 1. The molecule has 1 aromatic carbocycles. The normalized spacial score (nSPS) is 21.6. The topological polar surface area (TPSA) is 71.6 Å². The van der Waals surface area contributed by atoms with E-state index in [4.69, 9.17) is 4.52 Å². The molecule has 136 valence electrons. The molecule has 2 unspecified atom stereocenters. The lowest BCUT2D eigenvalue weighted by molar-refractivity contribution is -0.274. The maximum absolute atomic E-state index is 12.2. The van der Waals surface area contributed by atoms with E-state index >= 15 is 0 Å². The van der Waals surface area contributed by atoms with Crippen molar-refractivity contribution < 1.29 is 27.5 Å². The number of likely N-dealkylation sites (tertiary alicyclic amines) is 1. The second-order valence-electron chi connectivity index (χ2n) is 6.11. The Bertz CT molecular complexity index is 703. The number of rotatable bonds is 5. The highest BCUT2D eigenvalue weighted by atomic mass is 19.4. The SMILES string of the molecule is Cc1noc(C2CN(Cc3ccc(OC(F)(F)F)cc3)CC2CO)n1. The highest BCUT2D eigenvalue weighted by Crippen LogP contribution is 2.32. The van der Waals surface area contributed by atoms with Crippen molar-refractivity contribution in [2.24, 2.45) is 5.92 Å². The monoisotopic (exact) mass is 357 g/mol. The van der Waals surface area contributed by atoms with Crippen molar-refractivity contribution in [1.82, 2.24) is 15.0 Å². The predicted molar refractivity (Wildman–Crippen MR) is 80.8 cm³/mol. The number of hydrogen-bond donors (Lipinski definition) is 1. The van der Waals surface area contributed by atoms with Crippen LogP contribution in [0.15, 0.2) is 28.8 Å². The lowest BCUT2D eigenvalue weighted by Crippen LogP contribution is -2.21. The van der Waals surface area contributed by atoms with Gasteiger partial charge in [-0.15, -0.1) is 13.2 Å². The van der Waals surface area contributed by atoms with Gasteiger partial charge in [-0.25, -0.2) is 0 Å². The van der Waals surface area contributed by atoms with E-state index in [2.05, 4.69) is 19.8 Å². The van der Waals surface area contributed by atoms with E-state index in [1.165, 1.54) is 12.1 Å². The molecule has 1 aromatic heterocycles. The van der Waals surface area contributed by atoms with E-state index in [9.17, 15) is 18.3 Å². The van der Waals surface area contributed by atoms with Gasteiger partial charge in [-0.3, -0.25) is 4.90 Å². The summed E-state index contributed by atoms with van der Waals surface area (Å²) in [7, 11) is 0. The number of halogens is 3. The number of nitrogens with zero attached hydrogens (tertiary/aromatic N) is 3. The van der Waals surface area contributed by atoms with Gasteiger partial charge in [0.1, 0.15) is 5.75 Å². The molecule has 2 heterocycles. The third-order valence-corrected chi connectivity index (χ3v) is 4.17. The highest BCUT2D eigenvalue weighted by molar-refractivity contribution is 5.27. The molecule has 1 N–H and O–H groups in total. The van der Waals surface area contributed by atoms with Gasteiger partial charge in [0.15, 0.2) is 5.82 Å². The molecule has 0 spiro atoms. The van der Waals surface area contributed by atoms with Crippen LogP contribution >= 0.6 is 0 Å². The van der Waals surface area contributed by atoms with E-state index in [0.717, 1.165) is 5.56 Å². The maximum atomic E-state index is 12.2. The Morgan fingerprint density at radius 2 is 2.00 bits per heavy atom. The zero-order valence-electron chi connectivity index (χ0n) is 13.5. The van der Waals surface area contributed by atoms with Crippen LogP contribution < -0.4 is 4.74 Å². The molecular weight excluding hydrogens is 339 g/mol. The second kappa shape index (κ2) is 7.01.